The first kappa shape index (κ1) is 28.3. The van der Waals surface area contributed by atoms with Crippen LogP contribution < -0.4 is 4.90 Å². The molecule has 3 fully saturated rings. The lowest BCUT2D eigenvalue weighted by molar-refractivity contribution is -0.160. The summed E-state index contributed by atoms with van der Waals surface area (Å²) in [6, 6.07) is 12.1. The summed E-state index contributed by atoms with van der Waals surface area (Å²) in [6.45, 7) is 11.6. The molecule has 3 heterocycles. The first-order valence-corrected chi connectivity index (χ1v) is 14.3. The molecule has 2 amide bonds. The van der Waals surface area contributed by atoms with Crippen molar-refractivity contribution < 1.29 is 29.0 Å². The molecular weight excluding hydrogens is 508 g/mol. The fourth-order valence-electron chi connectivity index (χ4n) is 7.39. The number of nitrogens with zero attached hydrogens (tertiary/aromatic N) is 2. The Hall–Kier alpha value is -3.23. The Balaban J connectivity index is 1.64. The van der Waals surface area contributed by atoms with Crippen LogP contribution >= 0.6 is 0 Å². The van der Waals surface area contributed by atoms with Gasteiger partial charge in [0.2, 0.25) is 5.91 Å². The average Bonchev–Trinajstić information content (AvgIpc) is 3.50. The van der Waals surface area contributed by atoms with Gasteiger partial charge in [-0.1, -0.05) is 50.3 Å². The van der Waals surface area contributed by atoms with Crippen LogP contribution in [0, 0.1) is 17.8 Å². The molecule has 0 radical (unpaired) electrons. The Morgan fingerprint density at radius 3 is 2.60 bits per heavy atom. The first-order chi connectivity index (χ1) is 19.1. The average molecular weight is 549 g/mol. The maximum atomic E-state index is 14.8. The van der Waals surface area contributed by atoms with E-state index < -0.39 is 41.1 Å². The van der Waals surface area contributed by atoms with Gasteiger partial charge in [0.1, 0.15) is 17.6 Å². The van der Waals surface area contributed by atoms with Gasteiger partial charge < -0.3 is 24.4 Å². The third-order valence-electron chi connectivity index (χ3n) is 8.96. The summed E-state index contributed by atoms with van der Waals surface area (Å²) in [5.41, 5.74) is -1.42. The number of benzene rings is 2. The highest BCUT2D eigenvalue weighted by atomic mass is 16.6. The number of aliphatic hydroxyl groups is 1. The van der Waals surface area contributed by atoms with E-state index in [2.05, 4.69) is 6.58 Å². The van der Waals surface area contributed by atoms with Crippen molar-refractivity contribution in [3.05, 3.63) is 55.1 Å². The SMILES string of the molecule is C=CCN(C(=O)C1N([C@@H](CO)CC(C)C)C(=O)[C@@H]2[C@@H](C(=O)OCC)[C@@]3(C)CCC12O3)c1ccc2ccccc2c1. The summed E-state index contributed by atoms with van der Waals surface area (Å²) >= 11 is 0. The maximum Gasteiger partial charge on any atom is 0.312 e. The summed E-state index contributed by atoms with van der Waals surface area (Å²) in [6.07, 6.45) is 3.16. The molecule has 8 heteroatoms. The summed E-state index contributed by atoms with van der Waals surface area (Å²) < 4.78 is 12.1. The van der Waals surface area contributed by atoms with Gasteiger partial charge in [-0.15, -0.1) is 6.58 Å². The van der Waals surface area contributed by atoms with Crippen molar-refractivity contribution in [1.82, 2.24) is 4.90 Å². The minimum Gasteiger partial charge on any atom is -0.466 e. The Morgan fingerprint density at radius 2 is 1.95 bits per heavy atom. The number of hydrogen-bond donors (Lipinski definition) is 1. The van der Waals surface area contributed by atoms with E-state index in [9.17, 15) is 19.5 Å². The van der Waals surface area contributed by atoms with Crippen molar-refractivity contribution in [2.24, 2.45) is 17.8 Å². The normalized spacial score (nSPS) is 29.6. The molecule has 1 spiro atoms. The molecular formula is C32H40N2O6. The summed E-state index contributed by atoms with van der Waals surface area (Å²) in [5, 5.41) is 12.5. The van der Waals surface area contributed by atoms with E-state index in [0.29, 0.717) is 24.9 Å². The second-order valence-corrected chi connectivity index (χ2v) is 12.0. The number of hydrogen-bond acceptors (Lipinski definition) is 6. The highest BCUT2D eigenvalue weighted by Crippen LogP contribution is 2.64. The van der Waals surface area contributed by atoms with E-state index in [4.69, 9.17) is 9.47 Å². The van der Waals surface area contributed by atoms with Gasteiger partial charge in [0.05, 0.1) is 30.8 Å². The van der Waals surface area contributed by atoms with Crippen molar-refractivity contribution in [3.63, 3.8) is 0 Å². The number of carbonyl (C=O) groups excluding carboxylic acids is 3. The quantitative estimate of drug-likeness (QED) is 0.355. The second-order valence-electron chi connectivity index (χ2n) is 12.0. The van der Waals surface area contributed by atoms with Crippen LogP contribution in [0.3, 0.4) is 0 Å². The zero-order chi connectivity index (χ0) is 28.8. The lowest BCUT2D eigenvalue weighted by Gasteiger charge is -2.40. The molecule has 5 rings (SSSR count). The number of aliphatic hydroxyl groups excluding tert-OH is 1. The van der Waals surface area contributed by atoms with Crippen LogP contribution in [0.25, 0.3) is 10.8 Å². The van der Waals surface area contributed by atoms with Gasteiger partial charge in [0.15, 0.2) is 0 Å². The molecule has 0 aromatic heterocycles. The number of fused-ring (bicyclic) bond motifs is 2. The molecule has 0 saturated carbocycles. The number of likely N-dealkylation sites (tertiary alicyclic amines) is 1. The van der Waals surface area contributed by atoms with Crippen LogP contribution in [0.15, 0.2) is 55.1 Å². The number of ether oxygens (including phenoxy) is 2. The van der Waals surface area contributed by atoms with E-state index in [0.717, 1.165) is 10.8 Å². The van der Waals surface area contributed by atoms with E-state index >= 15 is 0 Å². The second kappa shape index (κ2) is 10.6. The molecule has 3 aliphatic rings. The molecule has 6 atom stereocenters. The zero-order valence-corrected chi connectivity index (χ0v) is 23.8. The van der Waals surface area contributed by atoms with E-state index in [1.54, 1.807) is 22.8 Å². The molecule has 2 bridgehead atoms. The summed E-state index contributed by atoms with van der Waals surface area (Å²) in [4.78, 5) is 45.6. The van der Waals surface area contributed by atoms with Crippen LogP contribution in [0.5, 0.6) is 0 Å². The van der Waals surface area contributed by atoms with Crippen LogP contribution in [-0.4, -0.2) is 70.8 Å². The highest BCUT2D eigenvalue weighted by molar-refractivity contribution is 6.05. The fraction of sp³-hybridized carbons (Fsp3) is 0.531. The number of carbonyl (C=O) groups is 3. The van der Waals surface area contributed by atoms with E-state index in [1.807, 2.05) is 63.2 Å². The van der Waals surface area contributed by atoms with Crippen LogP contribution in [-0.2, 0) is 23.9 Å². The molecule has 3 aliphatic heterocycles. The van der Waals surface area contributed by atoms with Gasteiger partial charge in [-0.2, -0.15) is 0 Å². The van der Waals surface area contributed by atoms with Gasteiger partial charge >= 0.3 is 5.97 Å². The van der Waals surface area contributed by atoms with Gasteiger partial charge in [0, 0.05) is 12.2 Å². The fourth-order valence-corrected chi connectivity index (χ4v) is 7.39. The Kier molecular flexibility index (Phi) is 7.52. The molecule has 2 aromatic rings. The number of rotatable bonds is 10. The van der Waals surface area contributed by atoms with Crippen molar-refractivity contribution >= 4 is 34.2 Å². The Morgan fingerprint density at radius 1 is 1.23 bits per heavy atom. The lowest BCUT2D eigenvalue weighted by atomic mass is 9.66. The zero-order valence-electron chi connectivity index (χ0n) is 23.8. The van der Waals surface area contributed by atoms with Crippen molar-refractivity contribution in [2.45, 2.75) is 70.2 Å². The van der Waals surface area contributed by atoms with Crippen LogP contribution in [0.4, 0.5) is 5.69 Å². The smallest absolute Gasteiger partial charge is 0.312 e. The van der Waals surface area contributed by atoms with Crippen LogP contribution in [0.1, 0.15) is 47.0 Å². The lowest BCUT2D eigenvalue weighted by Crippen LogP contribution is -2.59. The van der Waals surface area contributed by atoms with Gasteiger partial charge in [-0.3, -0.25) is 14.4 Å². The van der Waals surface area contributed by atoms with Crippen LogP contribution in [0.2, 0.25) is 0 Å². The Labute approximate surface area is 235 Å². The molecule has 8 nitrogen and oxygen atoms in total. The van der Waals surface area contributed by atoms with Gasteiger partial charge in [0.25, 0.3) is 5.91 Å². The molecule has 40 heavy (non-hydrogen) atoms. The standard InChI is InChI=1S/C32H40N2O6/c1-6-16-33(23-13-12-21-10-8-9-11-22(21)18-23)29(37)27-32-15-14-31(5,40-32)26(30(38)39-7-2)25(32)28(36)34(27)24(19-35)17-20(3)4/h6,8-13,18,20,24-27,35H,1,7,14-17,19H2,2-5H3/t24-,25+,26+,27?,31-,32?/m1/s1. The van der Waals surface area contributed by atoms with Gasteiger partial charge in [-0.25, -0.2) is 0 Å². The summed E-state index contributed by atoms with van der Waals surface area (Å²) in [5.74, 6) is -2.61. The molecule has 214 valence electrons. The number of esters is 1. The third-order valence-corrected chi connectivity index (χ3v) is 8.96. The van der Waals surface area contributed by atoms with E-state index in [1.165, 1.54) is 0 Å². The minimum atomic E-state index is -1.19. The monoisotopic (exact) mass is 548 g/mol. The number of anilines is 1. The number of amides is 2. The maximum absolute atomic E-state index is 14.8. The topological polar surface area (TPSA) is 96.4 Å². The first-order valence-electron chi connectivity index (χ1n) is 14.3. The van der Waals surface area contributed by atoms with Gasteiger partial charge in [-0.05, 0) is 61.9 Å². The molecule has 0 aliphatic carbocycles. The molecule has 2 unspecified atom stereocenters. The predicted molar refractivity (Wildman–Crippen MR) is 153 cm³/mol. The van der Waals surface area contributed by atoms with Crippen molar-refractivity contribution in [3.8, 4) is 0 Å². The third kappa shape index (κ3) is 4.32. The minimum absolute atomic E-state index is 0.166. The molecule has 2 aromatic carbocycles. The van der Waals surface area contributed by atoms with E-state index in [-0.39, 0.29) is 37.5 Å². The Bertz CT molecular complexity index is 1330. The molecule has 1 N–H and O–H groups in total. The largest absolute Gasteiger partial charge is 0.466 e. The highest BCUT2D eigenvalue weighted by Gasteiger charge is 2.79. The van der Waals surface area contributed by atoms with Crippen molar-refractivity contribution in [1.29, 1.82) is 0 Å². The molecule has 3 saturated heterocycles. The predicted octanol–water partition coefficient (Wildman–Crippen LogP) is 4.09. The summed E-state index contributed by atoms with van der Waals surface area (Å²) in [7, 11) is 0. The van der Waals surface area contributed by atoms with Crippen molar-refractivity contribution in [2.75, 3.05) is 24.7 Å².